The number of imidazole rings is 1. The molecule has 0 amide bonds. The summed E-state index contributed by atoms with van der Waals surface area (Å²) in [5.74, 6) is 2.03. The van der Waals surface area contributed by atoms with E-state index >= 15 is 0 Å². The van der Waals surface area contributed by atoms with Gasteiger partial charge in [-0.3, -0.25) is 4.40 Å². The molecule has 1 unspecified atom stereocenters. The van der Waals surface area contributed by atoms with Crippen LogP contribution in [0.15, 0.2) is 67.0 Å². The number of benzene rings is 2. The number of hydrogen-bond acceptors (Lipinski definition) is 4. The molecule has 2 aromatic heterocycles. The van der Waals surface area contributed by atoms with Crippen LogP contribution in [0, 0.1) is 0 Å². The van der Waals surface area contributed by atoms with Gasteiger partial charge in [0.05, 0.1) is 0 Å². The molecule has 1 atom stereocenters. The number of hydrogen-bond donors (Lipinski definition) is 2. The lowest BCUT2D eigenvalue weighted by Gasteiger charge is -2.24. The number of anilines is 1. The van der Waals surface area contributed by atoms with Crippen molar-refractivity contribution in [1.82, 2.24) is 14.4 Å². The Labute approximate surface area is 169 Å². The van der Waals surface area contributed by atoms with Gasteiger partial charge in [0.2, 0.25) is 0 Å². The quantitative estimate of drug-likeness (QED) is 0.543. The predicted molar refractivity (Wildman–Crippen MR) is 115 cm³/mol. The largest absolute Gasteiger partial charge is 0.382 e. The lowest BCUT2D eigenvalue weighted by atomic mass is 9.85. The topological polar surface area (TPSA) is 76.4 Å². The van der Waals surface area contributed by atoms with E-state index in [-0.39, 0.29) is 0 Å². The molecule has 1 fully saturated rings. The van der Waals surface area contributed by atoms with Gasteiger partial charge in [-0.25, -0.2) is 9.97 Å². The number of rotatable bonds is 4. The van der Waals surface area contributed by atoms with Crippen LogP contribution < -0.4 is 5.73 Å². The maximum atomic E-state index is 11.1. The van der Waals surface area contributed by atoms with Crippen LogP contribution in [-0.4, -0.2) is 19.5 Å². The predicted octanol–water partition coefficient (Wildman–Crippen LogP) is 4.50. The number of nitrogens with two attached hydrogens (primary N) is 1. The Morgan fingerprint density at radius 3 is 2.38 bits per heavy atom. The van der Waals surface area contributed by atoms with E-state index in [0.29, 0.717) is 11.7 Å². The molecule has 0 saturated heterocycles. The molecule has 5 nitrogen and oxygen atoms in total. The molecule has 2 aromatic carbocycles. The molecule has 1 aliphatic carbocycles. The summed E-state index contributed by atoms with van der Waals surface area (Å²) in [5, 5.41) is 11.1. The van der Waals surface area contributed by atoms with Crippen molar-refractivity contribution in [3.8, 4) is 11.3 Å². The molecule has 0 aliphatic heterocycles. The fourth-order valence-electron chi connectivity index (χ4n) is 4.12. The Bertz CT molecular complexity index is 1160. The Hall–Kier alpha value is -3.18. The Morgan fingerprint density at radius 2 is 1.72 bits per heavy atom. The number of nitrogen functional groups attached to an aromatic ring is 1. The van der Waals surface area contributed by atoms with E-state index in [1.807, 2.05) is 67.7 Å². The summed E-state index contributed by atoms with van der Waals surface area (Å²) in [4.78, 5) is 9.26. The van der Waals surface area contributed by atoms with Gasteiger partial charge in [0, 0.05) is 23.9 Å². The standard InChI is InChI=1S/C24H24N4O/c1-24(29,18-8-3-2-4-9-18)19-12-10-16(11-13-19)20-21-22(25)26-14-15-28(21)23(27-20)17-6-5-7-17/h2-4,8-15,17,29H,5-7H2,1H3,(H2,25,26). The van der Waals surface area contributed by atoms with Gasteiger partial charge in [-0.15, -0.1) is 0 Å². The van der Waals surface area contributed by atoms with Crippen LogP contribution >= 0.6 is 0 Å². The molecule has 146 valence electrons. The summed E-state index contributed by atoms with van der Waals surface area (Å²) >= 11 is 0. The average molecular weight is 384 g/mol. The van der Waals surface area contributed by atoms with Crippen molar-refractivity contribution in [2.45, 2.75) is 37.7 Å². The zero-order chi connectivity index (χ0) is 20.0. The lowest BCUT2D eigenvalue weighted by molar-refractivity contribution is 0.102. The number of aromatic nitrogens is 3. The van der Waals surface area contributed by atoms with Crippen molar-refractivity contribution >= 4 is 11.3 Å². The van der Waals surface area contributed by atoms with Crippen LogP contribution in [0.5, 0.6) is 0 Å². The van der Waals surface area contributed by atoms with Crippen molar-refractivity contribution in [3.05, 3.63) is 83.9 Å². The molecule has 0 bridgehead atoms. The van der Waals surface area contributed by atoms with E-state index in [1.54, 1.807) is 6.20 Å². The van der Waals surface area contributed by atoms with E-state index in [1.165, 1.54) is 19.3 Å². The average Bonchev–Trinajstić information content (AvgIpc) is 3.08. The minimum absolute atomic E-state index is 0.483. The van der Waals surface area contributed by atoms with Crippen molar-refractivity contribution in [2.75, 3.05) is 5.73 Å². The molecule has 5 heteroatoms. The zero-order valence-electron chi connectivity index (χ0n) is 16.4. The maximum absolute atomic E-state index is 11.1. The minimum Gasteiger partial charge on any atom is -0.382 e. The number of aliphatic hydroxyl groups is 1. The normalized spacial score (nSPS) is 16.5. The number of nitrogens with zero attached hydrogens (tertiary/aromatic N) is 3. The molecule has 0 spiro atoms. The van der Waals surface area contributed by atoms with Crippen molar-refractivity contribution in [2.24, 2.45) is 0 Å². The molecular formula is C24H24N4O. The SMILES string of the molecule is CC(O)(c1ccccc1)c1ccc(-c2nc(C3CCC3)n3ccnc(N)c23)cc1. The minimum atomic E-state index is -1.06. The van der Waals surface area contributed by atoms with E-state index in [9.17, 15) is 5.11 Å². The molecule has 2 heterocycles. The van der Waals surface area contributed by atoms with Crippen molar-refractivity contribution < 1.29 is 5.11 Å². The van der Waals surface area contributed by atoms with E-state index in [0.717, 1.165) is 33.7 Å². The van der Waals surface area contributed by atoms with Crippen LogP contribution in [0.4, 0.5) is 5.82 Å². The van der Waals surface area contributed by atoms with Crippen LogP contribution in [0.2, 0.25) is 0 Å². The van der Waals surface area contributed by atoms with Crippen LogP contribution in [0.3, 0.4) is 0 Å². The molecule has 4 aromatic rings. The van der Waals surface area contributed by atoms with Crippen LogP contribution in [-0.2, 0) is 5.60 Å². The molecule has 3 N–H and O–H groups in total. The Balaban J connectivity index is 1.58. The third kappa shape index (κ3) is 2.89. The van der Waals surface area contributed by atoms with Gasteiger partial charge in [0.15, 0.2) is 0 Å². The summed E-state index contributed by atoms with van der Waals surface area (Å²) in [5.41, 5.74) is 9.55. The summed E-state index contributed by atoms with van der Waals surface area (Å²) in [6.45, 7) is 1.82. The molecule has 1 aliphatic rings. The summed E-state index contributed by atoms with van der Waals surface area (Å²) in [7, 11) is 0. The third-order valence-electron chi connectivity index (χ3n) is 6.14. The zero-order valence-corrected chi connectivity index (χ0v) is 16.4. The monoisotopic (exact) mass is 384 g/mol. The van der Waals surface area contributed by atoms with Gasteiger partial charge in [0.25, 0.3) is 0 Å². The van der Waals surface area contributed by atoms with Crippen LogP contribution in [0.1, 0.15) is 49.1 Å². The first-order chi connectivity index (χ1) is 14.1. The molecule has 29 heavy (non-hydrogen) atoms. The summed E-state index contributed by atoms with van der Waals surface area (Å²) in [6, 6.07) is 17.6. The highest BCUT2D eigenvalue weighted by atomic mass is 16.3. The van der Waals surface area contributed by atoms with Gasteiger partial charge in [-0.05, 0) is 30.9 Å². The fourth-order valence-corrected chi connectivity index (χ4v) is 4.12. The first-order valence-electron chi connectivity index (χ1n) is 10.1. The fraction of sp³-hybridized carbons (Fsp3) is 0.250. The molecule has 5 rings (SSSR count). The molecular weight excluding hydrogens is 360 g/mol. The van der Waals surface area contributed by atoms with E-state index in [4.69, 9.17) is 10.7 Å². The first-order valence-corrected chi connectivity index (χ1v) is 10.1. The van der Waals surface area contributed by atoms with Gasteiger partial charge in [0.1, 0.15) is 28.5 Å². The summed E-state index contributed by atoms with van der Waals surface area (Å²) < 4.78 is 2.09. The Kier molecular flexibility index (Phi) is 4.14. The Morgan fingerprint density at radius 1 is 1.03 bits per heavy atom. The third-order valence-corrected chi connectivity index (χ3v) is 6.14. The molecule has 0 radical (unpaired) electrons. The van der Waals surface area contributed by atoms with E-state index < -0.39 is 5.60 Å². The first kappa shape index (κ1) is 17.9. The highest BCUT2D eigenvalue weighted by molar-refractivity contribution is 5.85. The van der Waals surface area contributed by atoms with Crippen LogP contribution in [0.25, 0.3) is 16.8 Å². The highest BCUT2D eigenvalue weighted by Crippen LogP contribution is 2.39. The highest BCUT2D eigenvalue weighted by Gasteiger charge is 2.28. The number of fused-ring (bicyclic) bond motifs is 1. The van der Waals surface area contributed by atoms with Gasteiger partial charge in [-0.2, -0.15) is 0 Å². The second-order valence-corrected chi connectivity index (χ2v) is 7.99. The van der Waals surface area contributed by atoms with Gasteiger partial charge >= 0.3 is 0 Å². The van der Waals surface area contributed by atoms with Gasteiger partial charge < -0.3 is 10.8 Å². The second kappa shape index (κ2) is 6.71. The van der Waals surface area contributed by atoms with Crippen molar-refractivity contribution in [1.29, 1.82) is 0 Å². The van der Waals surface area contributed by atoms with Crippen molar-refractivity contribution in [3.63, 3.8) is 0 Å². The smallest absolute Gasteiger partial charge is 0.150 e. The lowest BCUT2D eigenvalue weighted by Crippen LogP contribution is -2.22. The second-order valence-electron chi connectivity index (χ2n) is 7.99. The summed E-state index contributed by atoms with van der Waals surface area (Å²) in [6.07, 6.45) is 7.26. The van der Waals surface area contributed by atoms with E-state index in [2.05, 4.69) is 9.38 Å². The molecule has 1 saturated carbocycles. The maximum Gasteiger partial charge on any atom is 0.150 e. The van der Waals surface area contributed by atoms with Gasteiger partial charge in [-0.1, -0.05) is 61.0 Å².